The van der Waals surface area contributed by atoms with Gasteiger partial charge < -0.3 is 15.5 Å². The van der Waals surface area contributed by atoms with Crippen LogP contribution in [0.25, 0.3) is 0 Å². The van der Waals surface area contributed by atoms with Crippen molar-refractivity contribution < 1.29 is 18.0 Å². The molecule has 0 saturated heterocycles. The number of aromatic nitrogens is 1. The van der Waals surface area contributed by atoms with Gasteiger partial charge in [0.2, 0.25) is 0 Å². The number of alkyl halides is 3. The van der Waals surface area contributed by atoms with Crippen molar-refractivity contribution in [2.24, 2.45) is 0 Å². The molecule has 100 valence electrons. The van der Waals surface area contributed by atoms with Crippen LogP contribution in [0.1, 0.15) is 0 Å². The van der Waals surface area contributed by atoms with Gasteiger partial charge in [-0.05, 0) is 12.1 Å². The molecule has 0 radical (unpaired) electrons. The van der Waals surface area contributed by atoms with Crippen LogP contribution in [-0.4, -0.2) is 37.8 Å². The van der Waals surface area contributed by atoms with Crippen molar-refractivity contribution in [1.82, 2.24) is 10.3 Å². The van der Waals surface area contributed by atoms with Crippen LogP contribution in [-0.2, 0) is 0 Å². The Balaban J connectivity index is 2.50. The van der Waals surface area contributed by atoms with Gasteiger partial charge in [-0.1, -0.05) is 0 Å². The number of carbonyl (C=O) groups is 1. The number of amides is 2. The number of nitrogens with one attached hydrogen (secondary N) is 2. The van der Waals surface area contributed by atoms with E-state index in [1.54, 1.807) is 36.4 Å². The number of hydrogen-bond acceptors (Lipinski definition) is 3. The van der Waals surface area contributed by atoms with E-state index in [1.165, 1.54) is 6.20 Å². The minimum Gasteiger partial charge on any atom is -0.363 e. The molecule has 0 aliphatic heterocycles. The fourth-order valence-corrected chi connectivity index (χ4v) is 1.08. The quantitative estimate of drug-likeness (QED) is 0.873. The van der Waals surface area contributed by atoms with Gasteiger partial charge in [0.05, 0.1) is 11.9 Å². The van der Waals surface area contributed by atoms with E-state index in [0.29, 0.717) is 11.5 Å². The van der Waals surface area contributed by atoms with Gasteiger partial charge in [-0.15, -0.1) is 0 Å². The molecule has 0 saturated carbocycles. The van der Waals surface area contributed by atoms with E-state index in [0.717, 1.165) is 0 Å². The number of halogens is 3. The van der Waals surface area contributed by atoms with Crippen molar-refractivity contribution in [3.8, 4) is 0 Å². The molecule has 1 aromatic heterocycles. The summed E-state index contributed by atoms with van der Waals surface area (Å²) >= 11 is 0. The maximum atomic E-state index is 11.8. The van der Waals surface area contributed by atoms with Crippen LogP contribution < -0.4 is 15.5 Å². The van der Waals surface area contributed by atoms with Gasteiger partial charge in [0.25, 0.3) is 0 Å². The molecule has 0 aromatic carbocycles. The van der Waals surface area contributed by atoms with E-state index >= 15 is 0 Å². The minimum atomic E-state index is -4.43. The van der Waals surface area contributed by atoms with Gasteiger partial charge >= 0.3 is 12.2 Å². The van der Waals surface area contributed by atoms with Gasteiger partial charge in [-0.3, -0.25) is 0 Å². The Morgan fingerprint density at radius 3 is 2.50 bits per heavy atom. The third kappa shape index (κ3) is 4.89. The van der Waals surface area contributed by atoms with Crippen LogP contribution in [0.4, 0.5) is 29.5 Å². The summed E-state index contributed by atoms with van der Waals surface area (Å²) in [6.45, 7) is -1.37. The Hall–Kier alpha value is -1.99. The highest BCUT2D eigenvalue weighted by Crippen LogP contribution is 2.13. The second-order valence-corrected chi connectivity index (χ2v) is 3.72. The highest BCUT2D eigenvalue weighted by Gasteiger charge is 2.27. The average Bonchev–Trinajstić information content (AvgIpc) is 2.26. The molecular formula is C10H13F3N4O. The van der Waals surface area contributed by atoms with E-state index < -0.39 is 18.8 Å². The lowest BCUT2D eigenvalue weighted by Gasteiger charge is -2.12. The zero-order valence-electron chi connectivity index (χ0n) is 9.88. The molecule has 1 rings (SSSR count). The largest absolute Gasteiger partial charge is 0.405 e. The second-order valence-electron chi connectivity index (χ2n) is 3.72. The molecule has 2 N–H and O–H groups in total. The highest BCUT2D eigenvalue weighted by atomic mass is 19.4. The molecule has 0 spiro atoms. The number of rotatable bonds is 3. The first-order valence-corrected chi connectivity index (χ1v) is 5.03. The number of carbonyl (C=O) groups excluding carboxylic acids is 1. The molecule has 8 heteroatoms. The van der Waals surface area contributed by atoms with E-state index in [2.05, 4.69) is 10.3 Å². The molecule has 5 nitrogen and oxygen atoms in total. The van der Waals surface area contributed by atoms with E-state index in [9.17, 15) is 18.0 Å². The standard InChI is InChI=1S/C10H13F3N4O/c1-17(2)8-4-3-7(5-14-8)16-9(18)15-6-10(11,12)13/h3-5H,6H2,1-2H3,(H2,15,16,18). The normalized spacial score (nSPS) is 10.9. The summed E-state index contributed by atoms with van der Waals surface area (Å²) in [7, 11) is 3.59. The van der Waals surface area contributed by atoms with Crippen molar-refractivity contribution in [3.05, 3.63) is 18.3 Å². The van der Waals surface area contributed by atoms with Gasteiger partial charge in [0.1, 0.15) is 12.4 Å². The monoisotopic (exact) mass is 262 g/mol. The molecule has 0 aliphatic rings. The van der Waals surface area contributed by atoms with Crippen LogP contribution in [0.5, 0.6) is 0 Å². The van der Waals surface area contributed by atoms with Crippen molar-refractivity contribution in [1.29, 1.82) is 0 Å². The first-order valence-electron chi connectivity index (χ1n) is 5.03. The molecule has 1 aromatic rings. The van der Waals surface area contributed by atoms with Crippen LogP contribution in [0, 0.1) is 0 Å². The Morgan fingerprint density at radius 2 is 2.06 bits per heavy atom. The van der Waals surface area contributed by atoms with Crippen molar-refractivity contribution >= 4 is 17.5 Å². The molecule has 18 heavy (non-hydrogen) atoms. The summed E-state index contributed by atoms with van der Waals surface area (Å²) in [5.74, 6) is 0.677. The first kappa shape index (κ1) is 14.1. The number of hydrogen-bond donors (Lipinski definition) is 2. The van der Waals surface area contributed by atoms with E-state index in [1.807, 2.05) is 0 Å². The summed E-state index contributed by atoms with van der Waals surface area (Å²) in [5.41, 5.74) is 0.320. The van der Waals surface area contributed by atoms with Gasteiger partial charge in [-0.25, -0.2) is 9.78 Å². The molecule has 0 bridgehead atoms. The lowest BCUT2D eigenvalue weighted by atomic mass is 10.4. The molecule has 0 fully saturated rings. The lowest BCUT2D eigenvalue weighted by molar-refractivity contribution is -0.122. The Bertz CT molecular complexity index is 403. The summed E-state index contributed by atoms with van der Waals surface area (Å²) in [6.07, 6.45) is -3.06. The maximum Gasteiger partial charge on any atom is 0.405 e. The van der Waals surface area contributed by atoms with Crippen molar-refractivity contribution in [2.75, 3.05) is 30.9 Å². The number of urea groups is 1. The van der Waals surface area contributed by atoms with Crippen LogP contribution in [0.3, 0.4) is 0 Å². The Labute approximate surface area is 102 Å². The average molecular weight is 262 g/mol. The number of pyridine rings is 1. The summed E-state index contributed by atoms with van der Waals surface area (Å²) in [6, 6.07) is 2.27. The fourth-order valence-electron chi connectivity index (χ4n) is 1.08. The van der Waals surface area contributed by atoms with Crippen molar-refractivity contribution in [2.45, 2.75) is 6.18 Å². The summed E-state index contributed by atoms with van der Waals surface area (Å²) < 4.78 is 35.5. The summed E-state index contributed by atoms with van der Waals surface area (Å²) in [5, 5.41) is 3.94. The lowest BCUT2D eigenvalue weighted by Crippen LogP contribution is -2.36. The zero-order chi connectivity index (χ0) is 13.8. The van der Waals surface area contributed by atoms with Gasteiger partial charge in [0.15, 0.2) is 0 Å². The molecule has 0 atom stereocenters. The fraction of sp³-hybridized carbons (Fsp3) is 0.400. The topological polar surface area (TPSA) is 57.3 Å². The predicted molar refractivity (Wildman–Crippen MR) is 61.6 cm³/mol. The highest BCUT2D eigenvalue weighted by molar-refractivity contribution is 5.89. The third-order valence-corrected chi connectivity index (χ3v) is 1.91. The zero-order valence-corrected chi connectivity index (χ0v) is 9.88. The SMILES string of the molecule is CN(C)c1ccc(NC(=O)NCC(F)(F)F)cn1. The Kier molecular flexibility index (Phi) is 4.35. The molecular weight excluding hydrogens is 249 g/mol. The summed E-state index contributed by atoms with van der Waals surface area (Å²) in [4.78, 5) is 16.9. The second kappa shape index (κ2) is 5.56. The molecule has 0 unspecified atom stereocenters. The van der Waals surface area contributed by atoms with Gasteiger partial charge in [0, 0.05) is 14.1 Å². The van der Waals surface area contributed by atoms with Gasteiger partial charge in [-0.2, -0.15) is 13.2 Å². The maximum absolute atomic E-state index is 11.8. The van der Waals surface area contributed by atoms with E-state index in [4.69, 9.17) is 0 Å². The van der Waals surface area contributed by atoms with Crippen molar-refractivity contribution in [3.63, 3.8) is 0 Å². The van der Waals surface area contributed by atoms with Crippen LogP contribution >= 0.6 is 0 Å². The van der Waals surface area contributed by atoms with Crippen LogP contribution in [0.2, 0.25) is 0 Å². The van der Waals surface area contributed by atoms with Crippen LogP contribution in [0.15, 0.2) is 18.3 Å². The third-order valence-electron chi connectivity index (χ3n) is 1.91. The minimum absolute atomic E-state index is 0.320. The molecule has 0 aliphatic carbocycles. The number of anilines is 2. The predicted octanol–water partition coefficient (Wildman–Crippen LogP) is 1.83. The molecule has 1 heterocycles. The molecule has 2 amide bonds. The number of nitrogens with zero attached hydrogens (tertiary/aromatic N) is 2. The van der Waals surface area contributed by atoms with E-state index in [-0.39, 0.29) is 0 Å². The smallest absolute Gasteiger partial charge is 0.363 e. The first-order chi connectivity index (χ1) is 8.28. The Morgan fingerprint density at radius 1 is 1.39 bits per heavy atom.